The Balaban J connectivity index is 2.86. The summed E-state index contributed by atoms with van der Waals surface area (Å²) in [4.78, 5) is 5.22. The molecule has 0 fully saturated rings. The van der Waals surface area contributed by atoms with Gasteiger partial charge in [-0.3, -0.25) is 4.99 Å². The molecule has 6 heteroatoms. The maximum absolute atomic E-state index is 4.27. The number of halogens is 1. The molecule has 0 aliphatic heterocycles. The van der Waals surface area contributed by atoms with E-state index in [1.807, 2.05) is 31.5 Å². The fourth-order valence-electron chi connectivity index (χ4n) is 1.56. The Hall–Kier alpha value is -0.890. The first-order valence-corrected chi connectivity index (χ1v) is 8.65. The first-order chi connectivity index (χ1) is 9.62. The molecule has 0 aliphatic rings. The molecule has 0 aromatic heterocycles. The van der Waals surface area contributed by atoms with E-state index < -0.39 is 0 Å². The molecule has 0 aliphatic carbocycles. The molecule has 1 aromatic rings. The summed E-state index contributed by atoms with van der Waals surface area (Å²) in [6, 6.07) is 6.12. The molecule has 0 bridgehead atoms. The molecule has 0 atom stereocenters. The van der Waals surface area contributed by atoms with Crippen LogP contribution in [0.15, 0.2) is 39.9 Å². The van der Waals surface area contributed by atoms with E-state index in [0.29, 0.717) is 0 Å². The molecule has 0 saturated carbocycles. The summed E-state index contributed by atoms with van der Waals surface area (Å²) in [5.41, 5.74) is 3.29. The second kappa shape index (κ2) is 9.12. The summed E-state index contributed by atoms with van der Waals surface area (Å²) < 4.78 is 0.955. The van der Waals surface area contributed by atoms with Gasteiger partial charge in [-0.25, -0.2) is 0 Å². The van der Waals surface area contributed by atoms with E-state index in [1.54, 1.807) is 0 Å². The normalized spacial score (nSPS) is 12.6. The van der Waals surface area contributed by atoms with Gasteiger partial charge in [0.05, 0.1) is 16.7 Å². The van der Waals surface area contributed by atoms with Gasteiger partial charge in [-0.15, -0.1) is 0 Å². The average Bonchev–Trinajstić information content (AvgIpc) is 2.47. The number of thioether (sulfide) groups is 1. The monoisotopic (exact) mass is 403 g/mol. The van der Waals surface area contributed by atoms with E-state index >= 15 is 0 Å². The molecule has 0 unspecified atom stereocenters. The lowest BCUT2D eigenvalue weighted by Crippen LogP contribution is -2.66. The van der Waals surface area contributed by atoms with Crippen LogP contribution in [0.5, 0.6) is 0 Å². The van der Waals surface area contributed by atoms with Gasteiger partial charge >= 0.3 is 5.17 Å². The number of allylic oxidation sites excluding steroid dienone is 1. The molecule has 0 saturated heterocycles. The molecule has 0 amide bonds. The van der Waals surface area contributed by atoms with Gasteiger partial charge in [-0.05, 0) is 59.9 Å². The second-order valence-electron chi connectivity index (χ2n) is 4.13. The molecular formula is C14H20IN4S+. The second-order valence-corrected chi connectivity index (χ2v) is 5.71. The number of aryl methyl sites for hydroxylation is 1. The van der Waals surface area contributed by atoms with Gasteiger partial charge in [0.2, 0.25) is 0 Å². The Morgan fingerprint density at radius 1 is 1.50 bits per heavy atom. The minimum absolute atomic E-state index is 0.772. The van der Waals surface area contributed by atoms with Crippen LogP contribution in [0.2, 0.25) is 0 Å². The fourth-order valence-corrected chi connectivity index (χ4v) is 2.40. The van der Waals surface area contributed by atoms with Crippen LogP contribution in [-0.4, -0.2) is 23.8 Å². The lowest BCUT2D eigenvalue weighted by atomic mass is 10.1. The summed E-state index contributed by atoms with van der Waals surface area (Å²) >= 11 is 3.86. The van der Waals surface area contributed by atoms with Crippen molar-refractivity contribution >= 4 is 50.9 Å². The first-order valence-electron chi connectivity index (χ1n) is 6.24. The van der Waals surface area contributed by atoms with Crippen molar-refractivity contribution < 1.29 is 4.99 Å². The topological polar surface area (TPSA) is 41.9 Å². The van der Waals surface area contributed by atoms with Gasteiger partial charge < -0.3 is 4.90 Å². The molecule has 0 spiro atoms. The number of anilines is 1. The Labute approximate surface area is 138 Å². The van der Waals surface area contributed by atoms with Gasteiger partial charge in [0.1, 0.15) is 5.69 Å². The zero-order valence-corrected chi connectivity index (χ0v) is 15.2. The quantitative estimate of drug-likeness (QED) is 0.210. The van der Waals surface area contributed by atoms with Gasteiger partial charge in [-0.2, -0.15) is 0 Å². The lowest BCUT2D eigenvalue weighted by molar-refractivity contribution is -0.417. The summed E-state index contributed by atoms with van der Waals surface area (Å²) in [7, 11) is 3.92. The van der Waals surface area contributed by atoms with Gasteiger partial charge in [0.25, 0.3) is 0 Å². The Bertz CT molecular complexity index is 526. The number of hydrogen-bond acceptors (Lipinski definition) is 3. The number of rotatable bonds is 4. The highest BCUT2D eigenvalue weighted by molar-refractivity contribution is 14.1. The summed E-state index contributed by atoms with van der Waals surface area (Å²) in [6.45, 7) is 4.07. The number of azo groups is 1. The maximum atomic E-state index is 4.27. The van der Waals surface area contributed by atoms with Crippen LogP contribution in [0.3, 0.4) is 0 Å². The van der Waals surface area contributed by atoms with Crippen molar-refractivity contribution in [2.45, 2.75) is 13.8 Å². The lowest BCUT2D eigenvalue weighted by Gasteiger charge is -2.18. The number of benzene rings is 1. The predicted molar refractivity (Wildman–Crippen MR) is 97.3 cm³/mol. The van der Waals surface area contributed by atoms with Gasteiger partial charge in [0.15, 0.2) is 0 Å². The van der Waals surface area contributed by atoms with E-state index in [1.165, 1.54) is 23.0 Å². The minimum Gasteiger partial charge on any atom is -0.365 e. The number of nitrogens with one attached hydrogen (secondary N) is 1. The highest BCUT2D eigenvalue weighted by atomic mass is 127. The largest absolute Gasteiger partial charge is 0.383 e. The van der Waals surface area contributed by atoms with Crippen LogP contribution in [0, 0.1) is 6.92 Å². The van der Waals surface area contributed by atoms with Crippen molar-refractivity contribution in [1.29, 1.82) is 0 Å². The van der Waals surface area contributed by atoms with Gasteiger partial charge in [0, 0.05) is 12.7 Å². The Kier molecular flexibility index (Phi) is 7.83. The zero-order valence-electron chi connectivity index (χ0n) is 12.2. The molecule has 20 heavy (non-hydrogen) atoms. The van der Waals surface area contributed by atoms with Crippen LogP contribution in [0.1, 0.15) is 12.5 Å². The van der Waals surface area contributed by atoms with Crippen molar-refractivity contribution in [1.82, 2.24) is 0 Å². The molecule has 1 N–H and O–H groups in total. The predicted octanol–water partition coefficient (Wildman–Crippen LogP) is 3.24. The standard InChI is InChI=1S/C14H19IN4S/c1-5-8-20-14(16-3)18-17-12-6-7-13(11(2)9-12)19(4)10-15/h5-9H,10H2,1-4H3/p+1/b8-5-,16-14?,18-17?. The molecule has 108 valence electrons. The number of amidine groups is 1. The average molecular weight is 403 g/mol. The smallest absolute Gasteiger partial charge is 0.365 e. The zero-order chi connectivity index (χ0) is 15.0. The molecule has 1 rings (SSSR count). The SMILES string of the molecule is C/C=C\SC(N=Nc1ccc(N(C)CI)c(C)c1)=[NH+]C. The fraction of sp³-hybridized carbons (Fsp3) is 0.357. The van der Waals surface area contributed by atoms with Crippen molar-refractivity contribution in [2.75, 3.05) is 23.5 Å². The minimum atomic E-state index is 0.772. The first kappa shape index (κ1) is 17.2. The van der Waals surface area contributed by atoms with Crippen LogP contribution < -0.4 is 9.89 Å². The van der Waals surface area contributed by atoms with E-state index in [2.05, 4.69) is 68.8 Å². The van der Waals surface area contributed by atoms with Gasteiger partial charge in [-0.1, -0.05) is 28.7 Å². The van der Waals surface area contributed by atoms with E-state index in [-0.39, 0.29) is 0 Å². The number of hydrogen-bond donors (Lipinski definition) is 1. The third-order valence-corrected chi connectivity index (χ3v) is 4.50. The number of nitrogens with zero attached hydrogens (tertiary/aromatic N) is 3. The van der Waals surface area contributed by atoms with Crippen molar-refractivity contribution in [3.8, 4) is 0 Å². The highest BCUT2D eigenvalue weighted by Crippen LogP contribution is 2.25. The van der Waals surface area contributed by atoms with Crippen molar-refractivity contribution in [3.63, 3.8) is 0 Å². The Morgan fingerprint density at radius 2 is 2.25 bits per heavy atom. The van der Waals surface area contributed by atoms with Crippen LogP contribution >= 0.6 is 34.4 Å². The van der Waals surface area contributed by atoms with Crippen molar-refractivity contribution in [3.05, 3.63) is 35.2 Å². The Morgan fingerprint density at radius 3 is 2.80 bits per heavy atom. The van der Waals surface area contributed by atoms with E-state index in [9.17, 15) is 0 Å². The third kappa shape index (κ3) is 5.24. The van der Waals surface area contributed by atoms with Crippen LogP contribution in [-0.2, 0) is 0 Å². The highest BCUT2D eigenvalue weighted by Gasteiger charge is 2.07. The maximum Gasteiger partial charge on any atom is 0.383 e. The van der Waals surface area contributed by atoms with Crippen molar-refractivity contribution in [2.24, 2.45) is 10.2 Å². The molecule has 4 nitrogen and oxygen atoms in total. The van der Waals surface area contributed by atoms with Crippen LogP contribution in [0.4, 0.5) is 11.4 Å². The summed E-state index contributed by atoms with van der Waals surface area (Å²) in [6.07, 6.45) is 1.97. The van der Waals surface area contributed by atoms with Crippen LogP contribution in [0.25, 0.3) is 0 Å². The third-order valence-electron chi connectivity index (χ3n) is 2.56. The molecule has 1 aromatic carbocycles. The molecule has 0 radical (unpaired) electrons. The molecule has 0 heterocycles. The molecular weight excluding hydrogens is 383 g/mol. The van der Waals surface area contributed by atoms with E-state index in [0.717, 1.165) is 15.4 Å². The van der Waals surface area contributed by atoms with E-state index in [4.69, 9.17) is 0 Å². The summed E-state index contributed by atoms with van der Waals surface area (Å²) in [5.74, 6) is 0. The summed E-state index contributed by atoms with van der Waals surface area (Å²) in [5, 5.41) is 11.2. The number of alkyl halides is 1.